The molecule has 0 aliphatic rings. The Kier molecular flexibility index (Phi) is 35.2. The van der Waals surface area contributed by atoms with E-state index in [1.54, 1.807) is 58.0 Å². The molecule has 27 N–H and O–H groups in total. The summed E-state index contributed by atoms with van der Waals surface area (Å²) >= 11 is 0. The van der Waals surface area contributed by atoms with Crippen molar-refractivity contribution >= 4 is 88.7 Å². The van der Waals surface area contributed by atoms with Gasteiger partial charge < -0.3 is 104 Å². The highest BCUT2D eigenvalue weighted by Gasteiger charge is 2.38. The third kappa shape index (κ3) is 30.8. The van der Waals surface area contributed by atoms with Gasteiger partial charge in [0.1, 0.15) is 60.4 Å². The molecule has 0 aliphatic carbocycles. The van der Waals surface area contributed by atoms with Crippen LogP contribution >= 0.6 is 0 Å². The van der Waals surface area contributed by atoms with Gasteiger partial charge in [-0.3, -0.25) is 72.3 Å². The quantitative estimate of drug-likeness (QED) is 0.0164. The van der Waals surface area contributed by atoms with Crippen molar-refractivity contribution in [2.24, 2.45) is 67.7 Å². The van der Waals surface area contributed by atoms with Crippen molar-refractivity contribution in [2.75, 3.05) is 19.6 Å². The lowest BCUT2D eigenvalue weighted by molar-refractivity contribution is -0.137. The summed E-state index contributed by atoms with van der Waals surface area (Å²) in [5.41, 5.74) is 44.7. The number of aliphatic hydroxyl groups excluding tert-OH is 1. The van der Waals surface area contributed by atoms with Crippen LogP contribution in [0.4, 0.5) is 0 Å². The van der Waals surface area contributed by atoms with Gasteiger partial charge in [-0.15, -0.1) is 0 Å². The van der Waals surface area contributed by atoms with Gasteiger partial charge in [0.25, 0.3) is 0 Å². The molecule has 0 saturated carbocycles. The van der Waals surface area contributed by atoms with Crippen molar-refractivity contribution in [3.05, 3.63) is 35.9 Å². The Morgan fingerprint density at radius 1 is 0.438 bits per heavy atom. The summed E-state index contributed by atoms with van der Waals surface area (Å²) in [4.78, 5) is 182. The SMILES string of the molecule is CC(=O)N[C@@H](Cc1ccccc1)C(=O)N[C@H](C(=O)N[C@H](C(=O)N[C@@H](CCCN=C(N)N)C(=O)N[C@@H](CCCCN)C(=O)N[C@@H](CC(N)=O)C(=O)N[C@@H](CCCN=C(N)N)C(=O)N[C@@H](CCC(N)=O)C(=O)N[C@H](C(=O)N[C@@H](C)C(N)=O)C(C)C)[C@@H](C)O)C(C)C. The number of rotatable bonds is 42. The second-order valence-corrected chi connectivity index (χ2v) is 21.9. The van der Waals surface area contributed by atoms with Crippen molar-refractivity contribution in [2.45, 2.75) is 186 Å². The molecule has 89 heavy (non-hydrogen) atoms. The van der Waals surface area contributed by atoms with Crippen molar-refractivity contribution in [3.8, 4) is 0 Å². The van der Waals surface area contributed by atoms with Crippen LogP contribution in [0.25, 0.3) is 0 Å². The molecule has 0 fully saturated rings. The van der Waals surface area contributed by atoms with E-state index in [1.807, 2.05) is 0 Å². The summed E-state index contributed by atoms with van der Waals surface area (Å²) < 4.78 is 0. The predicted octanol–water partition coefficient (Wildman–Crippen LogP) is -7.33. The zero-order valence-corrected chi connectivity index (χ0v) is 51.6. The Bertz CT molecular complexity index is 2630. The fourth-order valence-electron chi connectivity index (χ4n) is 8.53. The number of hydrogen-bond donors (Lipinski definition) is 19. The first-order chi connectivity index (χ1) is 41.7. The van der Waals surface area contributed by atoms with Gasteiger partial charge in [-0.05, 0) is 89.2 Å². The number of nitrogens with zero attached hydrogens (tertiary/aromatic N) is 2. The molecule has 34 heteroatoms. The molecule has 0 radical (unpaired) electrons. The van der Waals surface area contributed by atoms with E-state index in [0.717, 1.165) is 0 Å². The van der Waals surface area contributed by atoms with Crippen molar-refractivity contribution in [3.63, 3.8) is 0 Å². The number of carbonyl (C=O) groups excluding carboxylic acids is 13. The van der Waals surface area contributed by atoms with Crippen LogP contribution in [0.3, 0.4) is 0 Å². The van der Waals surface area contributed by atoms with E-state index in [4.69, 9.17) is 45.9 Å². The topological polar surface area (TPSA) is 595 Å². The average molecular weight is 1260 g/mol. The van der Waals surface area contributed by atoms with E-state index in [9.17, 15) is 67.4 Å². The van der Waals surface area contributed by atoms with Crippen molar-refractivity contribution in [1.29, 1.82) is 0 Å². The number of hydrogen-bond acceptors (Lipinski definition) is 17. The summed E-state index contributed by atoms with van der Waals surface area (Å²) in [7, 11) is 0. The standard InChI is InChI=1S/C55H94N20O14/c1-27(2)41(51(87)66-29(5)44(59)80)73-48(84)36(20-21-39(57)78)70-45(81)34(18-13-23-64-54(60)61)69-49(85)38(26-40(58)79)72-47(83)33(17-11-12-22-56)68-46(82)35(19-14-24-65-55(62)63)71-53(89)43(30(6)76)75-52(88)42(28(3)4)74-50(86)37(67-31(7)77)25-32-15-9-8-10-16-32/h8-10,15-16,27-30,33-38,41-43,76H,11-14,17-26,56H2,1-7H3,(H2,57,78)(H2,58,79)(H2,59,80)(H,66,87)(H,67,77)(H,68,82)(H,69,85)(H,70,81)(H,71,89)(H,72,83)(H,73,84)(H,74,86)(H,75,88)(H4,60,61,64)(H4,62,63,65)/t29-,30+,33-,34-,35-,36-,37-,38-,41-,42-,43-/m0/s1. The number of nitrogens with one attached hydrogen (secondary N) is 10. The van der Waals surface area contributed by atoms with Crippen LogP contribution in [0.15, 0.2) is 40.3 Å². The molecule has 498 valence electrons. The number of primary amides is 3. The lowest BCUT2D eigenvalue weighted by atomic mass is 10.00. The maximum Gasteiger partial charge on any atom is 0.245 e. The van der Waals surface area contributed by atoms with Crippen LogP contribution in [0.2, 0.25) is 0 Å². The lowest BCUT2D eigenvalue weighted by Gasteiger charge is -2.29. The summed E-state index contributed by atoms with van der Waals surface area (Å²) in [5, 5.41) is 35.8. The first-order valence-corrected chi connectivity index (χ1v) is 29.1. The highest BCUT2D eigenvalue weighted by atomic mass is 16.3. The molecule has 0 spiro atoms. The molecule has 1 aromatic carbocycles. The number of aliphatic hydroxyl groups is 1. The molecule has 0 aliphatic heterocycles. The van der Waals surface area contributed by atoms with Gasteiger partial charge in [0, 0.05) is 32.9 Å². The van der Waals surface area contributed by atoms with E-state index in [0.29, 0.717) is 12.0 Å². The Labute approximate surface area is 516 Å². The Balaban J connectivity index is 3.69. The summed E-state index contributed by atoms with van der Waals surface area (Å²) in [6.45, 7) is 10.1. The van der Waals surface area contributed by atoms with Gasteiger partial charge in [-0.2, -0.15) is 0 Å². The van der Waals surface area contributed by atoms with Crippen molar-refractivity contribution in [1.82, 2.24) is 53.2 Å². The molecule has 0 unspecified atom stereocenters. The van der Waals surface area contributed by atoms with Crippen LogP contribution < -0.4 is 99.0 Å². The minimum absolute atomic E-state index is 0.00805. The molecule has 1 rings (SSSR count). The second-order valence-electron chi connectivity index (χ2n) is 21.9. The number of aliphatic imine (C=N–C) groups is 2. The second kappa shape index (κ2) is 40.3. The minimum atomic E-state index is -1.87. The lowest BCUT2D eigenvalue weighted by Crippen LogP contribution is -2.62. The minimum Gasteiger partial charge on any atom is -0.391 e. The van der Waals surface area contributed by atoms with E-state index in [1.165, 1.54) is 20.8 Å². The Morgan fingerprint density at radius 3 is 1.22 bits per heavy atom. The number of benzene rings is 1. The molecule has 0 heterocycles. The number of guanidine groups is 2. The average Bonchev–Trinajstić information content (AvgIpc) is 2.86. The fourth-order valence-corrected chi connectivity index (χ4v) is 8.53. The predicted molar refractivity (Wildman–Crippen MR) is 326 cm³/mol. The highest BCUT2D eigenvalue weighted by Crippen LogP contribution is 2.12. The maximum atomic E-state index is 14.4. The molecule has 13 amide bonds. The first-order valence-electron chi connectivity index (χ1n) is 29.1. The van der Waals surface area contributed by atoms with Crippen LogP contribution in [-0.4, -0.2) is 180 Å². The molecule has 34 nitrogen and oxygen atoms in total. The monoisotopic (exact) mass is 1260 g/mol. The largest absolute Gasteiger partial charge is 0.391 e. The van der Waals surface area contributed by atoms with Crippen LogP contribution in [0.1, 0.15) is 118 Å². The van der Waals surface area contributed by atoms with E-state index in [-0.39, 0.29) is 76.5 Å². The zero-order chi connectivity index (χ0) is 67.7. The smallest absolute Gasteiger partial charge is 0.245 e. The summed E-state index contributed by atoms with van der Waals surface area (Å²) in [6.07, 6.45) is -3.47. The Hall–Kier alpha value is -9.21. The normalized spacial score (nSPS) is 14.7. The third-order valence-corrected chi connectivity index (χ3v) is 13.4. The first kappa shape index (κ1) is 77.8. The van der Waals surface area contributed by atoms with Gasteiger partial charge in [0.15, 0.2) is 11.9 Å². The molecular weight excluding hydrogens is 1160 g/mol. The van der Waals surface area contributed by atoms with E-state index < -0.39 is 174 Å². The van der Waals surface area contributed by atoms with Gasteiger partial charge in [-0.1, -0.05) is 58.0 Å². The molecular formula is C55H94N20O14. The molecule has 11 atom stereocenters. The third-order valence-electron chi connectivity index (χ3n) is 13.4. The maximum absolute atomic E-state index is 14.4. The highest BCUT2D eigenvalue weighted by molar-refractivity contribution is 6.00. The number of carbonyl (C=O) groups is 13. The molecule has 1 aromatic rings. The molecule has 0 saturated heterocycles. The zero-order valence-electron chi connectivity index (χ0n) is 51.6. The molecule has 0 bridgehead atoms. The van der Waals surface area contributed by atoms with Gasteiger partial charge in [0.05, 0.1) is 12.5 Å². The van der Waals surface area contributed by atoms with Crippen LogP contribution in [0.5, 0.6) is 0 Å². The van der Waals surface area contributed by atoms with Crippen LogP contribution in [-0.2, 0) is 68.7 Å². The Morgan fingerprint density at radius 2 is 0.820 bits per heavy atom. The number of amides is 13. The van der Waals surface area contributed by atoms with Gasteiger partial charge in [0.2, 0.25) is 76.8 Å². The summed E-state index contributed by atoms with van der Waals surface area (Å²) in [5.74, 6) is -14.1. The molecule has 0 aromatic heterocycles. The number of nitrogens with two attached hydrogens (primary N) is 8. The fraction of sp³-hybridized carbons (Fsp3) is 0.618. The van der Waals surface area contributed by atoms with Crippen LogP contribution in [0, 0.1) is 11.8 Å². The van der Waals surface area contributed by atoms with Gasteiger partial charge in [-0.25, -0.2) is 0 Å². The van der Waals surface area contributed by atoms with Crippen molar-refractivity contribution < 1.29 is 67.4 Å². The van der Waals surface area contributed by atoms with Gasteiger partial charge >= 0.3 is 0 Å². The summed E-state index contributed by atoms with van der Waals surface area (Å²) in [6, 6.07) is -6.09. The van der Waals surface area contributed by atoms with E-state index in [2.05, 4.69) is 63.2 Å². The van der Waals surface area contributed by atoms with E-state index >= 15 is 0 Å². The number of unbranched alkanes of at least 4 members (excludes halogenated alkanes) is 1.